The van der Waals surface area contributed by atoms with Gasteiger partial charge in [-0.1, -0.05) is 26.8 Å². The summed E-state index contributed by atoms with van der Waals surface area (Å²) in [5.41, 5.74) is 0.949. The van der Waals surface area contributed by atoms with Gasteiger partial charge in [0.15, 0.2) is 0 Å². The van der Waals surface area contributed by atoms with Gasteiger partial charge >= 0.3 is 0 Å². The Morgan fingerprint density at radius 3 is 2.43 bits per heavy atom. The summed E-state index contributed by atoms with van der Waals surface area (Å²) in [6.45, 7) is 7.20. The van der Waals surface area contributed by atoms with Crippen molar-refractivity contribution in [1.82, 2.24) is 5.32 Å². The van der Waals surface area contributed by atoms with Crippen LogP contribution in [0, 0.1) is 11.3 Å². The average molecular weight is 289 g/mol. The molecule has 5 heteroatoms. The van der Waals surface area contributed by atoms with E-state index in [0.717, 1.165) is 19.5 Å². The number of hydrogen-bond acceptors (Lipinski definition) is 3. The Labute approximate surface area is 125 Å². The maximum absolute atomic E-state index is 12.1. The summed E-state index contributed by atoms with van der Waals surface area (Å²) in [6.07, 6.45) is 0.867. The van der Waals surface area contributed by atoms with Gasteiger partial charge in [-0.2, -0.15) is 0 Å². The van der Waals surface area contributed by atoms with E-state index in [1.54, 1.807) is 6.07 Å². The molecule has 0 radical (unpaired) electrons. The van der Waals surface area contributed by atoms with E-state index in [-0.39, 0.29) is 17.7 Å². The number of anilines is 2. The molecule has 1 unspecified atom stereocenters. The van der Waals surface area contributed by atoms with Crippen molar-refractivity contribution in [3.8, 4) is 0 Å². The van der Waals surface area contributed by atoms with Crippen molar-refractivity contribution in [2.75, 3.05) is 23.7 Å². The Hall–Kier alpha value is -1.88. The van der Waals surface area contributed by atoms with Crippen LogP contribution in [-0.2, 0) is 9.59 Å². The van der Waals surface area contributed by atoms with Crippen molar-refractivity contribution in [2.45, 2.75) is 27.2 Å². The largest absolute Gasteiger partial charge is 0.326 e. The molecule has 1 aliphatic heterocycles. The van der Waals surface area contributed by atoms with Crippen LogP contribution < -0.4 is 16.0 Å². The number of amides is 2. The lowest BCUT2D eigenvalue weighted by molar-refractivity contribution is -0.123. The van der Waals surface area contributed by atoms with Crippen molar-refractivity contribution >= 4 is 23.2 Å². The molecule has 1 fully saturated rings. The number of carbonyl (C=O) groups excluding carboxylic acids is 2. The molecule has 0 spiro atoms. The highest BCUT2D eigenvalue weighted by molar-refractivity contribution is 5.96. The summed E-state index contributed by atoms with van der Waals surface area (Å²) in [7, 11) is 0. The molecule has 1 heterocycles. The zero-order valence-corrected chi connectivity index (χ0v) is 12.8. The van der Waals surface area contributed by atoms with Gasteiger partial charge < -0.3 is 16.0 Å². The second kappa shape index (κ2) is 6.26. The van der Waals surface area contributed by atoms with Gasteiger partial charge in [0.2, 0.25) is 11.8 Å². The summed E-state index contributed by atoms with van der Waals surface area (Å²) < 4.78 is 0. The standard InChI is InChI=1S/C16H23N3O2/c1-16(2,3)15(21)19-13-6-4-5-12(9-13)18-14(20)11-7-8-17-10-11/h4-6,9,11,17H,7-8,10H2,1-3H3,(H,18,20)(H,19,21). The fourth-order valence-corrected chi connectivity index (χ4v) is 2.12. The van der Waals surface area contributed by atoms with Crippen LogP contribution in [0.3, 0.4) is 0 Å². The second-order valence-electron chi connectivity index (χ2n) is 6.46. The molecule has 1 aromatic carbocycles. The van der Waals surface area contributed by atoms with E-state index < -0.39 is 5.41 Å². The molecule has 1 aromatic rings. The number of hydrogen-bond donors (Lipinski definition) is 3. The summed E-state index contributed by atoms with van der Waals surface area (Å²) in [5.74, 6) is 0.00286. The predicted molar refractivity (Wildman–Crippen MR) is 84.1 cm³/mol. The van der Waals surface area contributed by atoms with E-state index in [2.05, 4.69) is 16.0 Å². The normalized spacial score (nSPS) is 18.3. The quantitative estimate of drug-likeness (QED) is 0.799. The first-order valence-electron chi connectivity index (χ1n) is 7.29. The Morgan fingerprint density at radius 2 is 1.86 bits per heavy atom. The van der Waals surface area contributed by atoms with Crippen molar-refractivity contribution in [2.24, 2.45) is 11.3 Å². The Bertz CT molecular complexity index is 529. The van der Waals surface area contributed by atoms with E-state index in [4.69, 9.17) is 0 Å². The predicted octanol–water partition coefficient (Wildman–Crippen LogP) is 2.22. The third-order valence-electron chi connectivity index (χ3n) is 3.50. The molecule has 1 atom stereocenters. The highest BCUT2D eigenvalue weighted by Crippen LogP contribution is 2.20. The molecule has 0 aromatic heterocycles. The minimum atomic E-state index is -0.450. The lowest BCUT2D eigenvalue weighted by Crippen LogP contribution is -2.27. The average Bonchev–Trinajstić information content (AvgIpc) is 2.91. The van der Waals surface area contributed by atoms with Crippen LogP contribution in [0.15, 0.2) is 24.3 Å². The Kier molecular flexibility index (Phi) is 4.63. The van der Waals surface area contributed by atoms with Gasteiger partial charge in [-0.25, -0.2) is 0 Å². The fraction of sp³-hybridized carbons (Fsp3) is 0.500. The molecule has 5 nitrogen and oxygen atoms in total. The van der Waals surface area contributed by atoms with Gasteiger partial charge in [0, 0.05) is 23.3 Å². The first-order valence-corrected chi connectivity index (χ1v) is 7.29. The van der Waals surface area contributed by atoms with E-state index in [1.165, 1.54) is 0 Å². The highest BCUT2D eigenvalue weighted by Gasteiger charge is 2.23. The molecular formula is C16H23N3O2. The van der Waals surface area contributed by atoms with E-state index >= 15 is 0 Å². The van der Waals surface area contributed by atoms with Gasteiger partial charge in [-0.3, -0.25) is 9.59 Å². The Morgan fingerprint density at radius 1 is 1.19 bits per heavy atom. The maximum Gasteiger partial charge on any atom is 0.229 e. The summed E-state index contributed by atoms with van der Waals surface area (Å²) >= 11 is 0. The molecule has 114 valence electrons. The Balaban J connectivity index is 2.00. The van der Waals surface area contributed by atoms with Crippen LogP contribution >= 0.6 is 0 Å². The SMILES string of the molecule is CC(C)(C)C(=O)Nc1cccc(NC(=O)C2CCNC2)c1. The number of nitrogens with one attached hydrogen (secondary N) is 3. The molecule has 1 aliphatic rings. The molecule has 1 saturated heterocycles. The minimum Gasteiger partial charge on any atom is -0.326 e. The third kappa shape index (κ3) is 4.29. The molecule has 0 bridgehead atoms. The lowest BCUT2D eigenvalue weighted by atomic mass is 9.95. The molecule has 0 saturated carbocycles. The topological polar surface area (TPSA) is 70.2 Å². The molecule has 3 N–H and O–H groups in total. The van der Waals surface area contributed by atoms with Crippen LogP contribution in [0.5, 0.6) is 0 Å². The first-order chi connectivity index (χ1) is 9.86. The highest BCUT2D eigenvalue weighted by atomic mass is 16.2. The molecule has 21 heavy (non-hydrogen) atoms. The monoisotopic (exact) mass is 289 g/mol. The van der Waals surface area contributed by atoms with Crippen molar-refractivity contribution in [3.63, 3.8) is 0 Å². The zero-order chi connectivity index (χ0) is 15.5. The van der Waals surface area contributed by atoms with Gasteiger partial charge in [0.05, 0.1) is 5.92 Å². The van der Waals surface area contributed by atoms with E-state index in [0.29, 0.717) is 11.4 Å². The fourth-order valence-electron chi connectivity index (χ4n) is 2.12. The number of carbonyl (C=O) groups is 2. The third-order valence-corrected chi connectivity index (χ3v) is 3.50. The first kappa shape index (κ1) is 15.5. The molecule has 0 aliphatic carbocycles. The maximum atomic E-state index is 12.1. The van der Waals surface area contributed by atoms with Gasteiger partial charge in [-0.05, 0) is 31.2 Å². The summed E-state index contributed by atoms with van der Waals surface area (Å²) in [5, 5.41) is 8.94. The van der Waals surface area contributed by atoms with Crippen molar-refractivity contribution in [3.05, 3.63) is 24.3 Å². The van der Waals surface area contributed by atoms with Crippen LogP contribution in [0.25, 0.3) is 0 Å². The van der Waals surface area contributed by atoms with Crippen LogP contribution in [0.4, 0.5) is 11.4 Å². The van der Waals surface area contributed by atoms with Crippen molar-refractivity contribution in [1.29, 1.82) is 0 Å². The number of benzene rings is 1. The van der Waals surface area contributed by atoms with E-state index in [1.807, 2.05) is 39.0 Å². The smallest absolute Gasteiger partial charge is 0.229 e. The molecular weight excluding hydrogens is 266 g/mol. The van der Waals surface area contributed by atoms with Crippen LogP contribution in [0.2, 0.25) is 0 Å². The van der Waals surface area contributed by atoms with E-state index in [9.17, 15) is 9.59 Å². The lowest BCUT2D eigenvalue weighted by Gasteiger charge is -2.18. The van der Waals surface area contributed by atoms with Crippen LogP contribution in [-0.4, -0.2) is 24.9 Å². The van der Waals surface area contributed by atoms with Gasteiger partial charge in [-0.15, -0.1) is 0 Å². The summed E-state index contributed by atoms with van der Waals surface area (Å²) in [6, 6.07) is 7.24. The minimum absolute atomic E-state index is 0.0258. The zero-order valence-electron chi connectivity index (χ0n) is 12.8. The van der Waals surface area contributed by atoms with Gasteiger partial charge in [0.25, 0.3) is 0 Å². The van der Waals surface area contributed by atoms with Gasteiger partial charge in [0.1, 0.15) is 0 Å². The molecule has 2 amide bonds. The summed E-state index contributed by atoms with van der Waals surface area (Å²) in [4.78, 5) is 24.0. The molecule has 2 rings (SSSR count). The number of rotatable bonds is 3. The van der Waals surface area contributed by atoms with Crippen molar-refractivity contribution < 1.29 is 9.59 Å². The second-order valence-corrected chi connectivity index (χ2v) is 6.46. The van der Waals surface area contributed by atoms with Crippen LogP contribution in [0.1, 0.15) is 27.2 Å².